The summed E-state index contributed by atoms with van der Waals surface area (Å²) >= 11 is 5.88. The average Bonchev–Trinajstić information content (AvgIpc) is 2.67. The second-order valence-corrected chi connectivity index (χ2v) is 3.75. The Labute approximate surface area is 102 Å². The Bertz CT molecular complexity index is 567. The molecule has 0 saturated carbocycles. The number of hydrogen-bond donors (Lipinski definition) is 2. The lowest BCUT2D eigenvalue weighted by atomic mass is 10.2. The number of nitrogens with two attached hydrogens (primary N) is 1. The van der Waals surface area contributed by atoms with Crippen molar-refractivity contribution in [1.29, 1.82) is 0 Å². The van der Waals surface area contributed by atoms with Crippen LogP contribution in [0.1, 0.15) is 16.2 Å². The molecule has 0 fully saturated rings. The van der Waals surface area contributed by atoms with Gasteiger partial charge in [0.25, 0.3) is 5.91 Å². The van der Waals surface area contributed by atoms with Gasteiger partial charge in [-0.3, -0.25) is 10.1 Å². The predicted molar refractivity (Wildman–Crippen MR) is 62.9 cm³/mol. The van der Waals surface area contributed by atoms with Gasteiger partial charge in [-0.2, -0.15) is 4.98 Å². The second-order valence-electron chi connectivity index (χ2n) is 3.34. The number of aryl methyl sites for hydroxylation is 1. The number of rotatable bonds is 2. The molecule has 3 N–H and O–H groups in total. The van der Waals surface area contributed by atoms with Crippen LogP contribution in [0.3, 0.4) is 0 Å². The van der Waals surface area contributed by atoms with Crippen LogP contribution >= 0.6 is 11.6 Å². The highest BCUT2D eigenvalue weighted by atomic mass is 35.5. The van der Waals surface area contributed by atoms with Gasteiger partial charge in [0.1, 0.15) is 0 Å². The largest absolute Gasteiger partial charge is 0.399 e. The van der Waals surface area contributed by atoms with E-state index in [9.17, 15) is 4.79 Å². The van der Waals surface area contributed by atoms with Crippen molar-refractivity contribution in [3.63, 3.8) is 0 Å². The number of carbonyl (C=O) groups is 1. The zero-order chi connectivity index (χ0) is 12.4. The molecule has 1 aromatic carbocycles. The first-order valence-corrected chi connectivity index (χ1v) is 5.11. The van der Waals surface area contributed by atoms with Crippen LogP contribution in [0.2, 0.25) is 5.02 Å². The zero-order valence-electron chi connectivity index (χ0n) is 8.90. The second kappa shape index (κ2) is 4.42. The van der Waals surface area contributed by atoms with Crippen molar-refractivity contribution < 1.29 is 9.32 Å². The number of nitrogen functional groups attached to an aromatic ring is 1. The molecule has 6 nitrogen and oxygen atoms in total. The molecular weight excluding hydrogens is 244 g/mol. The molecule has 0 spiro atoms. The van der Waals surface area contributed by atoms with Crippen LogP contribution < -0.4 is 11.1 Å². The molecule has 0 saturated heterocycles. The fraction of sp³-hybridized carbons (Fsp3) is 0.100. The first kappa shape index (κ1) is 11.4. The van der Waals surface area contributed by atoms with E-state index in [0.29, 0.717) is 16.5 Å². The highest BCUT2D eigenvalue weighted by molar-refractivity contribution is 6.34. The number of benzene rings is 1. The summed E-state index contributed by atoms with van der Waals surface area (Å²) in [5.74, 6) is -0.0232. The number of nitrogens with zero attached hydrogens (tertiary/aromatic N) is 2. The van der Waals surface area contributed by atoms with Crippen LogP contribution in [0, 0.1) is 6.92 Å². The topological polar surface area (TPSA) is 94.0 Å². The van der Waals surface area contributed by atoms with Gasteiger partial charge in [-0.05, 0) is 25.1 Å². The van der Waals surface area contributed by atoms with Gasteiger partial charge in [0.2, 0.25) is 0 Å². The summed E-state index contributed by atoms with van der Waals surface area (Å²) in [5, 5.41) is 6.27. The monoisotopic (exact) mass is 252 g/mol. The average molecular weight is 253 g/mol. The highest BCUT2D eigenvalue weighted by Crippen LogP contribution is 2.19. The van der Waals surface area contributed by atoms with Crippen LogP contribution in [-0.2, 0) is 0 Å². The number of nitrogens with one attached hydrogen (secondary N) is 1. The number of aromatic nitrogens is 2. The summed E-state index contributed by atoms with van der Waals surface area (Å²) in [6.45, 7) is 1.65. The van der Waals surface area contributed by atoms with Crippen LogP contribution in [0.25, 0.3) is 0 Å². The Morgan fingerprint density at radius 3 is 2.94 bits per heavy atom. The summed E-state index contributed by atoms with van der Waals surface area (Å²) < 4.78 is 4.76. The summed E-state index contributed by atoms with van der Waals surface area (Å²) in [4.78, 5) is 15.7. The maximum Gasteiger partial charge on any atom is 0.328 e. The Morgan fingerprint density at radius 1 is 1.53 bits per heavy atom. The van der Waals surface area contributed by atoms with Crippen LogP contribution in [0.5, 0.6) is 0 Å². The lowest BCUT2D eigenvalue weighted by Crippen LogP contribution is -2.13. The third-order valence-electron chi connectivity index (χ3n) is 1.98. The Balaban J connectivity index is 2.22. The van der Waals surface area contributed by atoms with E-state index in [1.807, 2.05) is 0 Å². The van der Waals surface area contributed by atoms with Gasteiger partial charge in [0, 0.05) is 5.69 Å². The van der Waals surface area contributed by atoms with Crippen LogP contribution in [-0.4, -0.2) is 16.0 Å². The van der Waals surface area contributed by atoms with E-state index in [4.69, 9.17) is 21.9 Å². The third kappa shape index (κ3) is 2.54. The van der Waals surface area contributed by atoms with Gasteiger partial charge in [0.15, 0.2) is 5.82 Å². The number of halogens is 1. The Hall–Kier alpha value is -2.08. The van der Waals surface area contributed by atoms with E-state index in [-0.39, 0.29) is 11.6 Å². The standard InChI is InChI=1S/C10H9ClN4O2/c1-5-13-10(17-15-5)14-9(16)7-4-6(12)2-3-8(7)11/h2-4H,12H2,1H3,(H,13,14,15,16). The van der Waals surface area contributed by atoms with Crippen molar-refractivity contribution in [3.05, 3.63) is 34.6 Å². The fourth-order valence-corrected chi connectivity index (χ4v) is 1.43. The van der Waals surface area contributed by atoms with Crippen molar-refractivity contribution >= 4 is 29.2 Å². The summed E-state index contributed by atoms with van der Waals surface area (Å²) in [6.07, 6.45) is 0. The quantitative estimate of drug-likeness (QED) is 0.796. The normalized spacial score (nSPS) is 10.2. The molecule has 0 aliphatic rings. The minimum absolute atomic E-state index is 0.0194. The Morgan fingerprint density at radius 2 is 2.29 bits per heavy atom. The minimum atomic E-state index is -0.453. The number of carbonyl (C=O) groups excluding carboxylic acids is 1. The molecule has 2 rings (SSSR count). The fourth-order valence-electron chi connectivity index (χ4n) is 1.23. The molecule has 1 aromatic heterocycles. The number of anilines is 2. The van der Waals surface area contributed by atoms with Crippen LogP contribution in [0.4, 0.5) is 11.7 Å². The van der Waals surface area contributed by atoms with E-state index in [1.54, 1.807) is 19.1 Å². The van der Waals surface area contributed by atoms with Crippen molar-refractivity contribution in [2.75, 3.05) is 11.1 Å². The molecule has 17 heavy (non-hydrogen) atoms. The van der Waals surface area contributed by atoms with Gasteiger partial charge < -0.3 is 10.3 Å². The molecule has 0 unspecified atom stereocenters. The SMILES string of the molecule is Cc1noc(NC(=O)c2cc(N)ccc2Cl)n1. The van der Waals surface area contributed by atoms with Crippen LogP contribution in [0.15, 0.2) is 22.7 Å². The molecule has 0 bridgehead atoms. The van der Waals surface area contributed by atoms with E-state index >= 15 is 0 Å². The molecule has 0 atom stereocenters. The highest BCUT2D eigenvalue weighted by Gasteiger charge is 2.13. The van der Waals surface area contributed by atoms with Crippen molar-refractivity contribution in [2.45, 2.75) is 6.92 Å². The Kier molecular flexibility index (Phi) is 2.97. The molecule has 0 aliphatic carbocycles. The lowest BCUT2D eigenvalue weighted by Gasteiger charge is -2.03. The van der Waals surface area contributed by atoms with E-state index in [2.05, 4.69) is 15.5 Å². The molecule has 0 radical (unpaired) electrons. The van der Waals surface area contributed by atoms with Gasteiger partial charge >= 0.3 is 6.01 Å². The molecule has 88 valence electrons. The molecular formula is C10H9ClN4O2. The third-order valence-corrected chi connectivity index (χ3v) is 2.31. The van der Waals surface area contributed by atoms with Gasteiger partial charge in [-0.25, -0.2) is 0 Å². The molecule has 2 aromatic rings. The van der Waals surface area contributed by atoms with E-state index in [1.165, 1.54) is 6.07 Å². The molecule has 1 heterocycles. The van der Waals surface area contributed by atoms with Gasteiger partial charge in [-0.15, -0.1) is 0 Å². The summed E-state index contributed by atoms with van der Waals surface area (Å²) in [6, 6.07) is 4.65. The first-order valence-electron chi connectivity index (χ1n) is 4.73. The predicted octanol–water partition coefficient (Wildman–Crippen LogP) is 1.87. The van der Waals surface area contributed by atoms with E-state index in [0.717, 1.165) is 0 Å². The molecule has 0 aliphatic heterocycles. The van der Waals surface area contributed by atoms with Crippen molar-refractivity contribution in [2.24, 2.45) is 0 Å². The molecule has 1 amide bonds. The first-order chi connectivity index (χ1) is 8.06. The number of hydrogen-bond acceptors (Lipinski definition) is 5. The molecule has 7 heteroatoms. The van der Waals surface area contributed by atoms with Crippen molar-refractivity contribution in [3.8, 4) is 0 Å². The summed E-state index contributed by atoms with van der Waals surface area (Å²) in [7, 11) is 0. The maximum absolute atomic E-state index is 11.8. The zero-order valence-corrected chi connectivity index (χ0v) is 9.65. The van der Waals surface area contributed by atoms with Gasteiger partial charge in [0.05, 0.1) is 10.6 Å². The smallest absolute Gasteiger partial charge is 0.328 e. The van der Waals surface area contributed by atoms with E-state index < -0.39 is 5.91 Å². The summed E-state index contributed by atoms with van der Waals surface area (Å²) in [5.41, 5.74) is 6.27. The minimum Gasteiger partial charge on any atom is -0.399 e. The maximum atomic E-state index is 11.8. The van der Waals surface area contributed by atoms with Crippen molar-refractivity contribution in [1.82, 2.24) is 10.1 Å². The van der Waals surface area contributed by atoms with Gasteiger partial charge in [-0.1, -0.05) is 16.8 Å². The lowest BCUT2D eigenvalue weighted by molar-refractivity contribution is 0.102. The number of amides is 1.